The van der Waals surface area contributed by atoms with Gasteiger partial charge in [-0.3, -0.25) is 21.0 Å². The minimum atomic E-state index is -0.295. The first-order valence-corrected chi connectivity index (χ1v) is 5.54. The average molecular weight is 268 g/mol. The molecular weight excluding hydrogens is 256 g/mol. The average Bonchev–Trinajstić information content (AvgIpc) is 2.26. The van der Waals surface area contributed by atoms with Gasteiger partial charge in [0.25, 0.3) is 5.91 Å². The van der Waals surface area contributed by atoms with E-state index in [0.29, 0.717) is 5.56 Å². The molecule has 0 aliphatic carbocycles. The Labute approximate surface area is 110 Å². The largest absolute Gasteiger partial charge is 0.375 e. The van der Waals surface area contributed by atoms with E-state index in [0.717, 1.165) is 5.56 Å². The van der Waals surface area contributed by atoms with E-state index in [1.165, 1.54) is 0 Å². The molecule has 0 bridgehead atoms. The summed E-state index contributed by atoms with van der Waals surface area (Å²) in [7, 11) is 0. The summed E-state index contributed by atoms with van der Waals surface area (Å²) in [5.41, 5.74) is 11.6. The number of hydrogen-bond donors (Lipinski definition) is 4. The molecule has 0 atom stereocenters. The molecule has 5 nitrogen and oxygen atoms in total. The summed E-state index contributed by atoms with van der Waals surface area (Å²) in [5.74, 6) is -0.295. The number of aryl methyl sites for hydroxylation is 1. The normalized spacial score (nSPS) is 9.24. The van der Waals surface area contributed by atoms with Crippen molar-refractivity contribution in [1.82, 2.24) is 16.2 Å². The predicted octanol–water partition coefficient (Wildman–Crippen LogP) is 0.348. The lowest BCUT2D eigenvalue weighted by Crippen LogP contribution is -2.50. The number of nitrogens with one attached hydrogen (secondary N) is 3. The summed E-state index contributed by atoms with van der Waals surface area (Å²) in [4.78, 5) is 11.7. The molecule has 90 valence electrons. The van der Waals surface area contributed by atoms with Crippen molar-refractivity contribution in [3.8, 4) is 0 Å². The molecule has 1 amide bonds. The number of carbonyl (C=O) groups is 1. The Morgan fingerprint density at radius 3 is 2.59 bits per heavy atom. The van der Waals surface area contributed by atoms with Gasteiger partial charge in [-0.25, -0.2) is 0 Å². The number of carbonyl (C=O) groups excluding carboxylic acids is 1. The van der Waals surface area contributed by atoms with Gasteiger partial charge in [0, 0.05) is 5.56 Å². The van der Waals surface area contributed by atoms with Crippen LogP contribution in [0, 0.1) is 6.92 Å². The highest BCUT2D eigenvalue weighted by Crippen LogP contribution is 2.03. The molecule has 1 aromatic rings. The van der Waals surface area contributed by atoms with Crippen LogP contribution in [0.15, 0.2) is 24.3 Å². The van der Waals surface area contributed by atoms with Crippen LogP contribution in [0.2, 0.25) is 0 Å². The summed E-state index contributed by atoms with van der Waals surface area (Å²) in [6.45, 7) is 1.90. The smallest absolute Gasteiger partial charge is 0.257 e. The van der Waals surface area contributed by atoms with Crippen LogP contribution in [0.3, 0.4) is 0 Å². The monoisotopic (exact) mass is 268 g/mol. The highest BCUT2D eigenvalue weighted by Gasteiger charge is 2.07. The van der Waals surface area contributed by atoms with Gasteiger partial charge in [-0.2, -0.15) is 0 Å². The van der Waals surface area contributed by atoms with Gasteiger partial charge in [0.1, 0.15) is 0 Å². The van der Waals surface area contributed by atoms with Gasteiger partial charge in [-0.15, -0.1) is 0 Å². The standard InChI is InChI=1S/C10H12N4OS2/c1-6-3-2-4-7(5-6)8(15)12-10(17)14-13-9(11)16/h2-5H,1H3,(H3,11,13,16)(H2,12,14,15,17). The number of thiocarbonyl (C=S) groups is 2. The molecule has 1 aromatic carbocycles. The van der Waals surface area contributed by atoms with Gasteiger partial charge < -0.3 is 5.73 Å². The second kappa shape index (κ2) is 6.12. The third kappa shape index (κ3) is 4.75. The van der Waals surface area contributed by atoms with Crippen LogP contribution in [0.5, 0.6) is 0 Å². The van der Waals surface area contributed by atoms with E-state index in [4.69, 9.17) is 18.0 Å². The van der Waals surface area contributed by atoms with Gasteiger partial charge in [-0.05, 0) is 43.5 Å². The van der Waals surface area contributed by atoms with Crippen molar-refractivity contribution >= 4 is 40.6 Å². The molecule has 17 heavy (non-hydrogen) atoms. The summed E-state index contributed by atoms with van der Waals surface area (Å²) in [6.07, 6.45) is 0. The van der Waals surface area contributed by atoms with Crippen molar-refractivity contribution in [2.45, 2.75) is 6.92 Å². The van der Waals surface area contributed by atoms with Crippen molar-refractivity contribution in [2.24, 2.45) is 5.73 Å². The topological polar surface area (TPSA) is 79.2 Å². The third-order valence-electron chi connectivity index (χ3n) is 1.81. The Balaban J connectivity index is 2.55. The van der Waals surface area contributed by atoms with E-state index in [2.05, 4.69) is 28.4 Å². The second-order valence-corrected chi connectivity index (χ2v) is 4.12. The lowest BCUT2D eigenvalue weighted by atomic mass is 10.1. The van der Waals surface area contributed by atoms with Gasteiger partial charge in [-0.1, -0.05) is 17.7 Å². The van der Waals surface area contributed by atoms with Gasteiger partial charge in [0.2, 0.25) is 0 Å². The highest BCUT2D eigenvalue weighted by molar-refractivity contribution is 7.80. The highest BCUT2D eigenvalue weighted by atomic mass is 32.1. The quantitative estimate of drug-likeness (QED) is 0.435. The fourth-order valence-corrected chi connectivity index (χ4v) is 1.31. The minimum absolute atomic E-state index is 0.0390. The first-order chi connectivity index (χ1) is 7.99. The van der Waals surface area contributed by atoms with Crippen LogP contribution in [-0.2, 0) is 0 Å². The SMILES string of the molecule is Cc1cccc(C(=O)NC(=S)NNC(N)=S)c1. The Bertz CT molecular complexity index is 461. The van der Waals surface area contributed by atoms with Crippen molar-refractivity contribution in [2.75, 3.05) is 0 Å². The zero-order valence-electron chi connectivity index (χ0n) is 9.11. The van der Waals surface area contributed by atoms with E-state index < -0.39 is 0 Å². The van der Waals surface area contributed by atoms with Crippen LogP contribution in [0.4, 0.5) is 0 Å². The molecule has 0 heterocycles. The Morgan fingerprint density at radius 1 is 1.29 bits per heavy atom. The third-order valence-corrected chi connectivity index (χ3v) is 2.11. The molecule has 0 aromatic heterocycles. The predicted molar refractivity (Wildman–Crippen MR) is 74.3 cm³/mol. The first-order valence-electron chi connectivity index (χ1n) is 4.72. The number of amides is 1. The summed E-state index contributed by atoms with van der Waals surface area (Å²) < 4.78 is 0. The van der Waals surface area contributed by atoms with Gasteiger partial charge in [0.05, 0.1) is 0 Å². The van der Waals surface area contributed by atoms with E-state index in [9.17, 15) is 4.79 Å². The lowest BCUT2D eigenvalue weighted by molar-refractivity contribution is 0.0976. The molecule has 0 radical (unpaired) electrons. The maximum absolute atomic E-state index is 11.7. The molecule has 0 spiro atoms. The molecular formula is C10H12N4OS2. The van der Waals surface area contributed by atoms with Crippen LogP contribution in [0.1, 0.15) is 15.9 Å². The maximum Gasteiger partial charge on any atom is 0.257 e. The molecule has 0 aliphatic heterocycles. The van der Waals surface area contributed by atoms with Crippen LogP contribution in [-0.4, -0.2) is 16.1 Å². The molecule has 0 unspecified atom stereocenters. The summed E-state index contributed by atoms with van der Waals surface area (Å²) >= 11 is 9.43. The Morgan fingerprint density at radius 2 is 2.00 bits per heavy atom. The summed E-state index contributed by atoms with van der Waals surface area (Å²) in [6, 6.07) is 7.17. The Hall–Kier alpha value is -1.73. The molecule has 1 rings (SSSR count). The van der Waals surface area contributed by atoms with Gasteiger partial charge >= 0.3 is 0 Å². The van der Waals surface area contributed by atoms with E-state index in [1.807, 2.05) is 13.0 Å². The minimum Gasteiger partial charge on any atom is -0.375 e. The van der Waals surface area contributed by atoms with Crippen LogP contribution < -0.4 is 21.9 Å². The van der Waals surface area contributed by atoms with Crippen molar-refractivity contribution in [1.29, 1.82) is 0 Å². The molecule has 0 saturated carbocycles. The van der Waals surface area contributed by atoms with Crippen LogP contribution >= 0.6 is 24.4 Å². The van der Waals surface area contributed by atoms with E-state index in [-0.39, 0.29) is 16.1 Å². The van der Waals surface area contributed by atoms with E-state index in [1.54, 1.807) is 18.2 Å². The number of rotatable bonds is 1. The number of hydrogen-bond acceptors (Lipinski definition) is 3. The van der Waals surface area contributed by atoms with E-state index >= 15 is 0 Å². The molecule has 0 saturated heterocycles. The molecule has 7 heteroatoms. The zero-order chi connectivity index (χ0) is 12.8. The second-order valence-electron chi connectivity index (χ2n) is 3.27. The fourth-order valence-electron chi connectivity index (χ4n) is 1.11. The number of hydrazine groups is 1. The van der Waals surface area contributed by atoms with Crippen molar-refractivity contribution in [3.05, 3.63) is 35.4 Å². The molecule has 0 fully saturated rings. The van der Waals surface area contributed by atoms with Gasteiger partial charge in [0.15, 0.2) is 10.2 Å². The Kier molecular flexibility index (Phi) is 4.80. The van der Waals surface area contributed by atoms with Crippen molar-refractivity contribution < 1.29 is 4.79 Å². The first kappa shape index (κ1) is 13.3. The zero-order valence-corrected chi connectivity index (χ0v) is 10.7. The number of nitrogens with two attached hydrogens (primary N) is 1. The van der Waals surface area contributed by atoms with Crippen LogP contribution in [0.25, 0.3) is 0 Å². The molecule has 0 aliphatic rings. The lowest BCUT2D eigenvalue weighted by Gasteiger charge is -2.10. The maximum atomic E-state index is 11.7. The molecule has 5 N–H and O–H groups in total. The van der Waals surface area contributed by atoms with Crippen molar-refractivity contribution in [3.63, 3.8) is 0 Å². The summed E-state index contributed by atoms with van der Waals surface area (Å²) in [5, 5.41) is 2.62. The fraction of sp³-hybridized carbons (Fsp3) is 0.100. The number of benzene rings is 1.